The molecule has 0 saturated carbocycles. The van der Waals surface area contributed by atoms with Crippen LogP contribution < -0.4 is 5.32 Å². The van der Waals surface area contributed by atoms with Crippen LogP contribution in [-0.4, -0.2) is 27.9 Å². The Morgan fingerprint density at radius 2 is 2.67 bits per heavy atom. The van der Waals surface area contributed by atoms with Gasteiger partial charge in [-0.3, -0.25) is 4.68 Å². The zero-order valence-electron chi connectivity index (χ0n) is 7.32. The molecule has 1 atom stereocenters. The highest BCUT2D eigenvalue weighted by Crippen LogP contribution is 2.09. The van der Waals surface area contributed by atoms with Gasteiger partial charge in [0.1, 0.15) is 12.2 Å². The van der Waals surface area contributed by atoms with Crippen molar-refractivity contribution in [1.82, 2.24) is 20.1 Å². The summed E-state index contributed by atoms with van der Waals surface area (Å²) >= 11 is 0. The highest BCUT2D eigenvalue weighted by molar-refractivity contribution is 4.77. The molecule has 12 heavy (non-hydrogen) atoms. The normalized spacial score (nSPS) is 23.2. The minimum absolute atomic E-state index is 0.742. The second-order valence-electron chi connectivity index (χ2n) is 3.37. The Balaban J connectivity index is 1.94. The number of nitrogens with one attached hydrogen (secondary N) is 1. The molecule has 1 fully saturated rings. The first-order valence-corrected chi connectivity index (χ1v) is 4.41. The van der Waals surface area contributed by atoms with Crippen LogP contribution in [-0.2, 0) is 6.54 Å². The van der Waals surface area contributed by atoms with E-state index in [1.54, 1.807) is 0 Å². The maximum Gasteiger partial charge on any atom is 0.147 e. The minimum Gasteiger partial charge on any atom is -0.316 e. The average Bonchev–Trinajstić information content (AvgIpc) is 2.63. The van der Waals surface area contributed by atoms with Crippen LogP contribution >= 0.6 is 0 Å². The van der Waals surface area contributed by atoms with E-state index < -0.39 is 0 Å². The molecule has 0 radical (unpaired) electrons. The monoisotopic (exact) mass is 166 g/mol. The SMILES string of the molecule is Cc1ncn(CC2CCNC2)n1. The fourth-order valence-corrected chi connectivity index (χ4v) is 1.61. The van der Waals surface area contributed by atoms with E-state index >= 15 is 0 Å². The molecule has 4 nitrogen and oxygen atoms in total. The Bertz CT molecular complexity index is 249. The predicted octanol–water partition coefficient (Wildman–Crippen LogP) is 0.196. The first-order chi connectivity index (χ1) is 5.84. The molecule has 0 amide bonds. The van der Waals surface area contributed by atoms with Crippen molar-refractivity contribution in [1.29, 1.82) is 0 Å². The molecule has 0 aromatic carbocycles. The van der Waals surface area contributed by atoms with Gasteiger partial charge >= 0.3 is 0 Å². The fourth-order valence-electron chi connectivity index (χ4n) is 1.61. The summed E-state index contributed by atoms with van der Waals surface area (Å²) in [6, 6.07) is 0. The standard InChI is InChI=1S/C8H14N4/c1-7-10-6-12(11-7)5-8-2-3-9-4-8/h6,8-9H,2-5H2,1H3. The molecule has 2 rings (SSSR count). The lowest BCUT2D eigenvalue weighted by molar-refractivity contribution is 0.447. The van der Waals surface area contributed by atoms with Crippen molar-refractivity contribution in [3.63, 3.8) is 0 Å². The van der Waals surface area contributed by atoms with E-state index in [-0.39, 0.29) is 0 Å². The van der Waals surface area contributed by atoms with E-state index in [0.717, 1.165) is 31.4 Å². The highest BCUT2D eigenvalue weighted by atomic mass is 15.3. The molecule has 1 saturated heterocycles. The maximum absolute atomic E-state index is 4.25. The van der Waals surface area contributed by atoms with Gasteiger partial charge in [0, 0.05) is 6.54 Å². The summed E-state index contributed by atoms with van der Waals surface area (Å²) in [7, 11) is 0. The maximum atomic E-state index is 4.25. The Kier molecular flexibility index (Phi) is 2.08. The van der Waals surface area contributed by atoms with E-state index in [2.05, 4.69) is 15.4 Å². The first-order valence-electron chi connectivity index (χ1n) is 4.41. The van der Waals surface area contributed by atoms with Gasteiger partial charge in [-0.15, -0.1) is 0 Å². The summed E-state index contributed by atoms with van der Waals surface area (Å²) in [4.78, 5) is 4.09. The summed E-state index contributed by atoms with van der Waals surface area (Å²) in [5, 5.41) is 7.59. The number of hydrogen-bond donors (Lipinski definition) is 1. The minimum atomic E-state index is 0.742. The number of aryl methyl sites for hydroxylation is 1. The number of nitrogens with zero attached hydrogens (tertiary/aromatic N) is 3. The predicted molar refractivity (Wildman–Crippen MR) is 45.7 cm³/mol. The summed E-state index contributed by atoms with van der Waals surface area (Å²) in [6.45, 7) is 5.20. The Morgan fingerprint density at radius 1 is 1.75 bits per heavy atom. The van der Waals surface area contributed by atoms with Crippen LogP contribution in [0, 0.1) is 12.8 Å². The van der Waals surface area contributed by atoms with Gasteiger partial charge in [-0.05, 0) is 32.4 Å². The zero-order valence-corrected chi connectivity index (χ0v) is 7.32. The van der Waals surface area contributed by atoms with Crippen molar-refractivity contribution >= 4 is 0 Å². The van der Waals surface area contributed by atoms with Crippen LogP contribution in [0.3, 0.4) is 0 Å². The molecular weight excluding hydrogens is 152 g/mol. The summed E-state index contributed by atoms with van der Waals surface area (Å²) in [5.41, 5.74) is 0. The summed E-state index contributed by atoms with van der Waals surface area (Å²) in [5.74, 6) is 1.60. The quantitative estimate of drug-likeness (QED) is 0.682. The first kappa shape index (κ1) is 7.73. The van der Waals surface area contributed by atoms with Crippen LogP contribution in [0.5, 0.6) is 0 Å². The Morgan fingerprint density at radius 3 is 3.25 bits per heavy atom. The Hall–Kier alpha value is -0.900. The van der Waals surface area contributed by atoms with E-state index in [9.17, 15) is 0 Å². The number of hydrogen-bond acceptors (Lipinski definition) is 3. The van der Waals surface area contributed by atoms with Crippen molar-refractivity contribution in [2.24, 2.45) is 5.92 Å². The smallest absolute Gasteiger partial charge is 0.147 e. The highest BCUT2D eigenvalue weighted by Gasteiger charge is 2.14. The molecule has 1 aromatic heterocycles. The van der Waals surface area contributed by atoms with Gasteiger partial charge in [0.25, 0.3) is 0 Å². The lowest BCUT2D eigenvalue weighted by Gasteiger charge is -2.06. The van der Waals surface area contributed by atoms with Gasteiger partial charge in [-0.2, -0.15) is 5.10 Å². The topological polar surface area (TPSA) is 42.7 Å². The van der Waals surface area contributed by atoms with Crippen molar-refractivity contribution in [2.75, 3.05) is 13.1 Å². The molecule has 0 aliphatic carbocycles. The van der Waals surface area contributed by atoms with Gasteiger partial charge in [-0.1, -0.05) is 0 Å². The molecule has 0 spiro atoms. The van der Waals surface area contributed by atoms with E-state index in [1.807, 2.05) is 17.9 Å². The summed E-state index contributed by atoms with van der Waals surface area (Å²) < 4.78 is 1.94. The molecule has 1 aliphatic rings. The third-order valence-electron chi connectivity index (χ3n) is 2.26. The van der Waals surface area contributed by atoms with Gasteiger partial charge in [0.2, 0.25) is 0 Å². The lowest BCUT2D eigenvalue weighted by atomic mass is 10.1. The zero-order chi connectivity index (χ0) is 8.39. The van der Waals surface area contributed by atoms with E-state index in [0.29, 0.717) is 0 Å². The summed E-state index contributed by atoms with van der Waals surface area (Å²) in [6.07, 6.45) is 3.08. The van der Waals surface area contributed by atoms with Crippen LogP contribution in [0.2, 0.25) is 0 Å². The van der Waals surface area contributed by atoms with Gasteiger partial charge < -0.3 is 5.32 Å². The van der Waals surface area contributed by atoms with Gasteiger partial charge in [0.05, 0.1) is 0 Å². The van der Waals surface area contributed by atoms with Crippen molar-refractivity contribution in [3.8, 4) is 0 Å². The van der Waals surface area contributed by atoms with E-state index in [4.69, 9.17) is 0 Å². The molecule has 1 N–H and O–H groups in total. The molecule has 66 valence electrons. The number of aromatic nitrogens is 3. The van der Waals surface area contributed by atoms with Crippen LogP contribution in [0.4, 0.5) is 0 Å². The molecule has 1 unspecified atom stereocenters. The van der Waals surface area contributed by atoms with E-state index in [1.165, 1.54) is 6.42 Å². The van der Waals surface area contributed by atoms with Crippen molar-refractivity contribution in [3.05, 3.63) is 12.2 Å². The third-order valence-corrected chi connectivity index (χ3v) is 2.26. The van der Waals surface area contributed by atoms with Crippen LogP contribution in [0.15, 0.2) is 6.33 Å². The van der Waals surface area contributed by atoms with Crippen LogP contribution in [0.1, 0.15) is 12.2 Å². The lowest BCUT2D eigenvalue weighted by Crippen LogP contribution is -2.14. The third kappa shape index (κ3) is 1.64. The molecule has 2 heterocycles. The molecule has 4 heteroatoms. The van der Waals surface area contributed by atoms with Crippen molar-refractivity contribution in [2.45, 2.75) is 19.9 Å². The second-order valence-corrected chi connectivity index (χ2v) is 3.37. The van der Waals surface area contributed by atoms with Crippen LogP contribution in [0.25, 0.3) is 0 Å². The van der Waals surface area contributed by atoms with Crippen molar-refractivity contribution < 1.29 is 0 Å². The van der Waals surface area contributed by atoms with Gasteiger partial charge in [0.15, 0.2) is 0 Å². The number of rotatable bonds is 2. The molecular formula is C8H14N4. The Labute approximate surface area is 72.0 Å². The molecule has 1 aliphatic heterocycles. The second kappa shape index (κ2) is 3.23. The average molecular weight is 166 g/mol. The molecule has 1 aromatic rings. The van der Waals surface area contributed by atoms with Gasteiger partial charge in [-0.25, -0.2) is 4.98 Å². The fraction of sp³-hybridized carbons (Fsp3) is 0.750. The molecule has 0 bridgehead atoms. The largest absolute Gasteiger partial charge is 0.316 e.